The Morgan fingerprint density at radius 3 is 2.44 bits per heavy atom. The quantitative estimate of drug-likeness (QED) is 0.877. The molecule has 18 heavy (non-hydrogen) atoms. The molecule has 0 radical (unpaired) electrons. The highest BCUT2D eigenvalue weighted by Crippen LogP contribution is 2.19. The molecule has 2 aromatic carbocycles. The molecule has 0 heterocycles. The minimum Gasteiger partial charge on any atom is -0.324 e. The van der Waals surface area contributed by atoms with Crippen LogP contribution >= 0.6 is 11.6 Å². The highest BCUT2D eigenvalue weighted by molar-refractivity contribution is 6.30. The first-order valence-electron chi connectivity index (χ1n) is 6.28. The van der Waals surface area contributed by atoms with Crippen LogP contribution < -0.4 is 5.73 Å². The van der Waals surface area contributed by atoms with E-state index < -0.39 is 0 Å². The van der Waals surface area contributed by atoms with Crippen molar-refractivity contribution in [3.8, 4) is 0 Å². The smallest absolute Gasteiger partial charge is 0.0406 e. The lowest BCUT2D eigenvalue weighted by molar-refractivity contribution is 0.720. The molecule has 1 atom stereocenters. The van der Waals surface area contributed by atoms with Gasteiger partial charge in [0.05, 0.1) is 0 Å². The summed E-state index contributed by atoms with van der Waals surface area (Å²) in [6, 6.07) is 16.4. The van der Waals surface area contributed by atoms with E-state index in [1.807, 2.05) is 24.3 Å². The van der Waals surface area contributed by atoms with Crippen molar-refractivity contribution in [2.45, 2.75) is 25.8 Å². The minimum atomic E-state index is 0.0395. The van der Waals surface area contributed by atoms with E-state index in [1.54, 1.807) is 0 Å². The van der Waals surface area contributed by atoms with Gasteiger partial charge < -0.3 is 5.73 Å². The van der Waals surface area contributed by atoms with Gasteiger partial charge in [0.1, 0.15) is 0 Å². The van der Waals surface area contributed by atoms with Crippen LogP contribution in [0.15, 0.2) is 48.5 Å². The van der Waals surface area contributed by atoms with E-state index in [-0.39, 0.29) is 6.04 Å². The summed E-state index contributed by atoms with van der Waals surface area (Å²) in [5, 5.41) is 0.764. The molecule has 0 aliphatic heterocycles. The standard InChI is InChI=1S/C16H18ClN/c1-2-12-4-3-5-14(10-12)16(18)11-13-6-8-15(17)9-7-13/h3-10,16H,2,11,18H2,1H3. The van der Waals surface area contributed by atoms with Crippen molar-refractivity contribution in [3.05, 3.63) is 70.2 Å². The van der Waals surface area contributed by atoms with Crippen molar-refractivity contribution < 1.29 is 0 Å². The SMILES string of the molecule is CCc1cccc(C(N)Cc2ccc(Cl)cc2)c1. The van der Waals surface area contributed by atoms with Crippen LogP contribution in [0.25, 0.3) is 0 Å². The molecule has 0 fully saturated rings. The number of nitrogens with two attached hydrogens (primary N) is 1. The van der Waals surface area contributed by atoms with Crippen molar-refractivity contribution >= 4 is 11.6 Å². The third-order valence-electron chi connectivity index (χ3n) is 3.16. The molecule has 0 bridgehead atoms. The molecule has 0 aliphatic carbocycles. The summed E-state index contributed by atoms with van der Waals surface area (Å²) in [7, 11) is 0. The fraction of sp³-hybridized carbons (Fsp3) is 0.250. The van der Waals surface area contributed by atoms with E-state index in [4.69, 9.17) is 17.3 Å². The van der Waals surface area contributed by atoms with Gasteiger partial charge in [0.25, 0.3) is 0 Å². The lowest BCUT2D eigenvalue weighted by atomic mass is 9.98. The third kappa shape index (κ3) is 3.34. The monoisotopic (exact) mass is 259 g/mol. The molecular formula is C16H18ClN. The Morgan fingerprint density at radius 2 is 1.78 bits per heavy atom. The second kappa shape index (κ2) is 6.03. The first kappa shape index (κ1) is 13.1. The van der Waals surface area contributed by atoms with Crippen LogP contribution in [-0.4, -0.2) is 0 Å². The molecule has 2 aromatic rings. The van der Waals surface area contributed by atoms with E-state index in [1.165, 1.54) is 16.7 Å². The van der Waals surface area contributed by atoms with Gasteiger partial charge >= 0.3 is 0 Å². The molecule has 0 spiro atoms. The zero-order valence-electron chi connectivity index (χ0n) is 10.6. The Balaban J connectivity index is 2.11. The number of benzene rings is 2. The average molecular weight is 260 g/mol. The topological polar surface area (TPSA) is 26.0 Å². The molecule has 0 saturated carbocycles. The van der Waals surface area contributed by atoms with Gasteiger partial charge in [-0.1, -0.05) is 54.9 Å². The molecule has 2 N–H and O–H groups in total. The summed E-state index contributed by atoms with van der Waals surface area (Å²) in [4.78, 5) is 0. The highest BCUT2D eigenvalue weighted by atomic mass is 35.5. The second-order valence-electron chi connectivity index (χ2n) is 4.54. The zero-order chi connectivity index (χ0) is 13.0. The third-order valence-corrected chi connectivity index (χ3v) is 3.41. The van der Waals surface area contributed by atoms with Crippen LogP contribution in [0, 0.1) is 0 Å². The van der Waals surface area contributed by atoms with Crippen LogP contribution in [0.4, 0.5) is 0 Å². The van der Waals surface area contributed by atoms with Crippen molar-refractivity contribution in [2.24, 2.45) is 5.73 Å². The van der Waals surface area contributed by atoms with Gasteiger partial charge in [-0.15, -0.1) is 0 Å². The Hall–Kier alpha value is -1.31. The van der Waals surface area contributed by atoms with Crippen LogP contribution in [0.3, 0.4) is 0 Å². The van der Waals surface area contributed by atoms with Crippen molar-refractivity contribution in [1.29, 1.82) is 0 Å². The first-order valence-corrected chi connectivity index (χ1v) is 6.65. The number of halogens is 1. The zero-order valence-corrected chi connectivity index (χ0v) is 11.3. The van der Waals surface area contributed by atoms with Gasteiger partial charge in [0, 0.05) is 11.1 Å². The number of hydrogen-bond acceptors (Lipinski definition) is 1. The molecule has 0 saturated heterocycles. The molecule has 0 aromatic heterocycles. The highest BCUT2D eigenvalue weighted by Gasteiger charge is 2.07. The van der Waals surface area contributed by atoms with Crippen LogP contribution in [-0.2, 0) is 12.8 Å². The molecule has 1 nitrogen and oxygen atoms in total. The maximum absolute atomic E-state index is 6.26. The Labute approximate surface area is 114 Å². The molecular weight excluding hydrogens is 242 g/mol. The van der Waals surface area contributed by atoms with E-state index in [0.717, 1.165) is 17.9 Å². The lowest BCUT2D eigenvalue weighted by Crippen LogP contribution is -2.13. The predicted octanol–water partition coefficient (Wildman–Crippen LogP) is 4.14. The van der Waals surface area contributed by atoms with Gasteiger partial charge in [0.15, 0.2) is 0 Å². The molecule has 94 valence electrons. The van der Waals surface area contributed by atoms with Crippen molar-refractivity contribution in [3.63, 3.8) is 0 Å². The average Bonchev–Trinajstić information content (AvgIpc) is 2.41. The Kier molecular flexibility index (Phi) is 4.40. The summed E-state index contributed by atoms with van der Waals surface area (Å²) in [5.74, 6) is 0. The maximum atomic E-state index is 6.26. The summed E-state index contributed by atoms with van der Waals surface area (Å²) in [6.45, 7) is 2.16. The van der Waals surface area contributed by atoms with Gasteiger partial charge in [-0.25, -0.2) is 0 Å². The maximum Gasteiger partial charge on any atom is 0.0406 e. The Bertz CT molecular complexity index is 505. The van der Waals surface area contributed by atoms with Gasteiger partial charge in [0.2, 0.25) is 0 Å². The van der Waals surface area contributed by atoms with E-state index in [0.29, 0.717) is 0 Å². The number of rotatable bonds is 4. The van der Waals surface area contributed by atoms with Gasteiger partial charge in [-0.05, 0) is 41.7 Å². The van der Waals surface area contributed by atoms with Gasteiger partial charge in [-0.3, -0.25) is 0 Å². The normalized spacial score (nSPS) is 12.4. The summed E-state index contributed by atoms with van der Waals surface area (Å²) in [5.41, 5.74) is 10.0. The summed E-state index contributed by atoms with van der Waals surface area (Å²) in [6.07, 6.45) is 1.88. The number of aryl methyl sites for hydroxylation is 1. The van der Waals surface area contributed by atoms with Gasteiger partial charge in [-0.2, -0.15) is 0 Å². The minimum absolute atomic E-state index is 0.0395. The predicted molar refractivity (Wildman–Crippen MR) is 77.9 cm³/mol. The fourth-order valence-corrected chi connectivity index (χ4v) is 2.16. The first-order chi connectivity index (χ1) is 8.69. The number of hydrogen-bond donors (Lipinski definition) is 1. The largest absolute Gasteiger partial charge is 0.324 e. The van der Waals surface area contributed by atoms with Crippen LogP contribution in [0.2, 0.25) is 5.02 Å². The second-order valence-corrected chi connectivity index (χ2v) is 4.97. The van der Waals surface area contributed by atoms with E-state index in [2.05, 4.69) is 31.2 Å². The van der Waals surface area contributed by atoms with Crippen LogP contribution in [0.1, 0.15) is 29.7 Å². The van der Waals surface area contributed by atoms with Crippen LogP contribution in [0.5, 0.6) is 0 Å². The Morgan fingerprint density at radius 1 is 1.06 bits per heavy atom. The molecule has 1 unspecified atom stereocenters. The summed E-state index contributed by atoms with van der Waals surface area (Å²) >= 11 is 5.87. The molecule has 0 amide bonds. The van der Waals surface area contributed by atoms with E-state index in [9.17, 15) is 0 Å². The molecule has 0 aliphatic rings. The lowest BCUT2D eigenvalue weighted by Gasteiger charge is -2.13. The molecule has 2 rings (SSSR count). The fourth-order valence-electron chi connectivity index (χ4n) is 2.04. The summed E-state index contributed by atoms with van der Waals surface area (Å²) < 4.78 is 0. The van der Waals surface area contributed by atoms with Crippen molar-refractivity contribution in [2.75, 3.05) is 0 Å². The van der Waals surface area contributed by atoms with E-state index >= 15 is 0 Å². The van der Waals surface area contributed by atoms with Crippen molar-refractivity contribution in [1.82, 2.24) is 0 Å². The molecule has 2 heteroatoms.